The Kier molecular flexibility index (Phi) is 2.61. The fourth-order valence-electron chi connectivity index (χ4n) is 1.11. The van der Waals surface area contributed by atoms with E-state index >= 15 is 0 Å². The standard InChI is InChI=1S/C10H8N4S/c1-14(7-11)10-12-5-8(6-13-10)9-3-2-4-15-9/h2-6H,1H3. The molecule has 15 heavy (non-hydrogen) atoms. The summed E-state index contributed by atoms with van der Waals surface area (Å²) >= 11 is 1.64. The highest BCUT2D eigenvalue weighted by atomic mass is 32.1. The van der Waals surface area contributed by atoms with Crippen molar-refractivity contribution in [2.45, 2.75) is 0 Å². The second kappa shape index (κ2) is 4.07. The maximum Gasteiger partial charge on any atom is 0.238 e. The SMILES string of the molecule is CN(C#N)c1ncc(-c2cccs2)cn1. The number of nitriles is 1. The zero-order valence-electron chi connectivity index (χ0n) is 8.08. The maximum absolute atomic E-state index is 8.64. The van der Waals surface area contributed by atoms with Gasteiger partial charge in [-0.15, -0.1) is 11.3 Å². The molecule has 74 valence electrons. The first-order valence-corrected chi connectivity index (χ1v) is 5.18. The Morgan fingerprint density at radius 3 is 2.67 bits per heavy atom. The molecule has 0 atom stereocenters. The van der Waals surface area contributed by atoms with Crippen LogP contribution in [0, 0.1) is 11.5 Å². The molecule has 0 spiro atoms. The van der Waals surface area contributed by atoms with Gasteiger partial charge in [-0.25, -0.2) is 9.97 Å². The van der Waals surface area contributed by atoms with E-state index in [0.717, 1.165) is 10.4 Å². The topological polar surface area (TPSA) is 52.8 Å². The van der Waals surface area contributed by atoms with E-state index in [2.05, 4.69) is 9.97 Å². The fourth-order valence-corrected chi connectivity index (χ4v) is 1.81. The molecule has 2 heterocycles. The van der Waals surface area contributed by atoms with E-state index in [4.69, 9.17) is 5.26 Å². The summed E-state index contributed by atoms with van der Waals surface area (Å²) in [6, 6.07) is 3.99. The number of hydrogen-bond acceptors (Lipinski definition) is 5. The van der Waals surface area contributed by atoms with Crippen molar-refractivity contribution in [3.63, 3.8) is 0 Å². The van der Waals surface area contributed by atoms with Crippen LogP contribution in [0.4, 0.5) is 5.95 Å². The van der Waals surface area contributed by atoms with Gasteiger partial charge in [-0.2, -0.15) is 5.26 Å². The van der Waals surface area contributed by atoms with E-state index < -0.39 is 0 Å². The lowest BCUT2D eigenvalue weighted by Gasteiger charge is -2.05. The minimum atomic E-state index is 0.415. The van der Waals surface area contributed by atoms with Crippen LogP contribution in [0.3, 0.4) is 0 Å². The van der Waals surface area contributed by atoms with Crippen LogP contribution in [-0.2, 0) is 0 Å². The Morgan fingerprint density at radius 2 is 2.13 bits per heavy atom. The van der Waals surface area contributed by atoms with Crippen molar-refractivity contribution in [3.8, 4) is 16.6 Å². The first-order chi connectivity index (χ1) is 7.31. The molecule has 0 saturated heterocycles. The van der Waals surface area contributed by atoms with Gasteiger partial charge in [-0.1, -0.05) is 6.07 Å². The zero-order valence-corrected chi connectivity index (χ0v) is 8.90. The summed E-state index contributed by atoms with van der Waals surface area (Å²) in [4.78, 5) is 10.7. The van der Waals surface area contributed by atoms with Crippen LogP contribution in [0.1, 0.15) is 0 Å². The Labute approximate surface area is 91.5 Å². The predicted octanol–water partition coefficient (Wildman–Crippen LogP) is 2.12. The number of aromatic nitrogens is 2. The third kappa shape index (κ3) is 1.95. The number of rotatable bonds is 2. The summed E-state index contributed by atoms with van der Waals surface area (Å²) in [6.45, 7) is 0. The lowest BCUT2D eigenvalue weighted by Crippen LogP contribution is -2.11. The number of thiophene rings is 1. The Bertz CT molecular complexity index is 469. The molecule has 0 radical (unpaired) electrons. The second-order valence-electron chi connectivity index (χ2n) is 2.91. The Morgan fingerprint density at radius 1 is 1.40 bits per heavy atom. The van der Waals surface area contributed by atoms with Gasteiger partial charge in [-0.3, -0.25) is 4.90 Å². The molecule has 5 heteroatoms. The molecule has 0 amide bonds. The van der Waals surface area contributed by atoms with Gasteiger partial charge >= 0.3 is 0 Å². The average Bonchev–Trinajstić information content (AvgIpc) is 2.82. The molecule has 0 bridgehead atoms. The van der Waals surface area contributed by atoms with E-state index in [1.807, 2.05) is 23.7 Å². The van der Waals surface area contributed by atoms with E-state index in [1.165, 1.54) is 4.90 Å². The number of hydrogen-bond donors (Lipinski definition) is 0. The van der Waals surface area contributed by atoms with Gasteiger partial charge in [0, 0.05) is 29.9 Å². The van der Waals surface area contributed by atoms with Gasteiger partial charge in [0.2, 0.25) is 5.95 Å². The van der Waals surface area contributed by atoms with Crippen LogP contribution < -0.4 is 4.90 Å². The largest absolute Gasteiger partial charge is 0.250 e. The number of nitrogens with zero attached hydrogens (tertiary/aromatic N) is 4. The molecule has 0 N–H and O–H groups in total. The first kappa shape index (κ1) is 9.62. The molecule has 0 aliphatic heterocycles. The van der Waals surface area contributed by atoms with Crippen molar-refractivity contribution in [1.82, 2.24) is 9.97 Å². The van der Waals surface area contributed by atoms with Crippen LogP contribution in [-0.4, -0.2) is 17.0 Å². The van der Waals surface area contributed by atoms with Crippen molar-refractivity contribution >= 4 is 17.3 Å². The molecule has 0 saturated carbocycles. The number of anilines is 1. The summed E-state index contributed by atoms with van der Waals surface area (Å²) in [5, 5.41) is 10.6. The summed E-state index contributed by atoms with van der Waals surface area (Å²) in [5.74, 6) is 0.415. The second-order valence-corrected chi connectivity index (χ2v) is 3.86. The first-order valence-electron chi connectivity index (χ1n) is 4.30. The highest BCUT2D eigenvalue weighted by Gasteiger charge is 2.04. The molecule has 0 fully saturated rings. The van der Waals surface area contributed by atoms with Gasteiger partial charge in [0.25, 0.3) is 0 Å². The van der Waals surface area contributed by atoms with Crippen LogP contribution in [0.5, 0.6) is 0 Å². The van der Waals surface area contributed by atoms with E-state index in [0.29, 0.717) is 5.95 Å². The minimum Gasteiger partial charge on any atom is -0.250 e. The van der Waals surface area contributed by atoms with E-state index in [-0.39, 0.29) is 0 Å². The quantitative estimate of drug-likeness (QED) is 0.570. The third-order valence-electron chi connectivity index (χ3n) is 1.89. The third-order valence-corrected chi connectivity index (χ3v) is 2.81. The highest BCUT2D eigenvalue weighted by Crippen LogP contribution is 2.23. The molecule has 0 unspecified atom stereocenters. The molecule has 4 nitrogen and oxygen atoms in total. The van der Waals surface area contributed by atoms with Gasteiger partial charge in [-0.05, 0) is 11.4 Å². The van der Waals surface area contributed by atoms with Crippen molar-refractivity contribution in [1.29, 1.82) is 5.26 Å². The van der Waals surface area contributed by atoms with Crippen LogP contribution in [0.2, 0.25) is 0 Å². The normalized spacial score (nSPS) is 9.60. The summed E-state index contributed by atoms with van der Waals surface area (Å²) in [5.41, 5.74) is 0.972. The molecule has 2 aromatic heterocycles. The monoisotopic (exact) mass is 216 g/mol. The smallest absolute Gasteiger partial charge is 0.238 e. The summed E-state index contributed by atoms with van der Waals surface area (Å²) < 4.78 is 0. The maximum atomic E-state index is 8.64. The van der Waals surface area contributed by atoms with Gasteiger partial charge in [0.1, 0.15) is 0 Å². The van der Waals surface area contributed by atoms with Crippen molar-refractivity contribution in [3.05, 3.63) is 29.9 Å². The zero-order chi connectivity index (χ0) is 10.7. The van der Waals surface area contributed by atoms with Gasteiger partial charge < -0.3 is 0 Å². The fraction of sp³-hybridized carbons (Fsp3) is 0.100. The minimum absolute atomic E-state index is 0.415. The van der Waals surface area contributed by atoms with E-state index in [9.17, 15) is 0 Å². The van der Waals surface area contributed by atoms with Crippen molar-refractivity contribution < 1.29 is 0 Å². The van der Waals surface area contributed by atoms with Crippen LogP contribution in [0.25, 0.3) is 10.4 Å². The van der Waals surface area contributed by atoms with Crippen molar-refractivity contribution in [2.24, 2.45) is 0 Å². The lowest BCUT2D eigenvalue weighted by atomic mass is 10.3. The molecule has 0 aliphatic rings. The molecular formula is C10H8N4S. The molecule has 0 aliphatic carbocycles. The van der Waals surface area contributed by atoms with Crippen LogP contribution >= 0.6 is 11.3 Å². The van der Waals surface area contributed by atoms with Crippen LogP contribution in [0.15, 0.2) is 29.9 Å². The Hall–Kier alpha value is -1.93. The summed E-state index contributed by atoms with van der Waals surface area (Å²) in [6.07, 6.45) is 5.39. The van der Waals surface area contributed by atoms with Gasteiger partial charge in [0.05, 0.1) is 0 Å². The molecule has 2 aromatic rings. The van der Waals surface area contributed by atoms with E-state index in [1.54, 1.807) is 30.8 Å². The predicted molar refractivity (Wildman–Crippen MR) is 59.4 cm³/mol. The lowest BCUT2D eigenvalue weighted by molar-refractivity contribution is 1.05. The Balaban J connectivity index is 2.30. The van der Waals surface area contributed by atoms with Gasteiger partial charge in [0.15, 0.2) is 6.19 Å². The average molecular weight is 216 g/mol. The summed E-state index contributed by atoms with van der Waals surface area (Å²) in [7, 11) is 1.63. The highest BCUT2D eigenvalue weighted by molar-refractivity contribution is 7.13. The molecule has 2 rings (SSSR count). The van der Waals surface area contributed by atoms with Crippen molar-refractivity contribution in [2.75, 3.05) is 11.9 Å². The molecular weight excluding hydrogens is 208 g/mol. The molecule has 0 aromatic carbocycles.